The summed E-state index contributed by atoms with van der Waals surface area (Å²) in [4.78, 5) is 16.3. The highest BCUT2D eigenvalue weighted by Crippen LogP contribution is 2.40. The smallest absolute Gasteiger partial charge is 0.273 e. The third-order valence-electron chi connectivity index (χ3n) is 10.3. The zero-order valence-corrected chi connectivity index (χ0v) is 29.0. The highest BCUT2D eigenvalue weighted by atomic mass is 32.2. The second-order valence-electron chi connectivity index (χ2n) is 14.3. The first-order chi connectivity index (χ1) is 21.8. The quantitative estimate of drug-likeness (QED) is 0.218. The largest absolute Gasteiger partial charge is 0.370 e. The number of halogens is 2. The van der Waals surface area contributed by atoms with Gasteiger partial charge in [0.15, 0.2) is 0 Å². The van der Waals surface area contributed by atoms with Gasteiger partial charge in [-0.15, -0.1) is 0 Å². The molecule has 0 aliphatic carbocycles. The molecule has 6 rings (SSSR count). The van der Waals surface area contributed by atoms with Crippen LogP contribution in [0.25, 0.3) is 6.08 Å². The fraction of sp³-hybridized carbons (Fsp3) is 0.583. The molecule has 6 nitrogen and oxygen atoms in total. The van der Waals surface area contributed by atoms with Crippen LogP contribution in [0.2, 0.25) is 0 Å². The van der Waals surface area contributed by atoms with Crippen molar-refractivity contribution < 1.29 is 8.78 Å². The topological polar surface area (TPSA) is 47.5 Å². The zero-order valence-electron chi connectivity index (χ0n) is 28.2. The average Bonchev–Trinajstić information content (AvgIpc) is 3.00. The summed E-state index contributed by atoms with van der Waals surface area (Å²) in [7, 11) is 9.01. The molecule has 0 amide bonds. The van der Waals surface area contributed by atoms with Crippen molar-refractivity contribution in [1.82, 2.24) is 19.8 Å². The van der Waals surface area contributed by atoms with E-state index in [4.69, 9.17) is 12.8 Å². The molecule has 2 fully saturated rings. The lowest BCUT2D eigenvalue weighted by atomic mass is 9.70. The fourth-order valence-corrected chi connectivity index (χ4v) is 7.99. The van der Waals surface area contributed by atoms with E-state index in [0.29, 0.717) is 25.5 Å². The summed E-state index contributed by atoms with van der Waals surface area (Å²) in [5.41, 5.74) is 2.07. The van der Waals surface area contributed by atoms with Crippen LogP contribution in [0, 0.1) is 5.92 Å². The fourth-order valence-electron chi connectivity index (χ4n) is 6.83. The number of alkyl halides is 2. The highest BCUT2D eigenvalue weighted by molar-refractivity contribution is 8.14. The van der Waals surface area contributed by atoms with Crippen molar-refractivity contribution in [2.75, 3.05) is 54.9 Å². The predicted octanol–water partition coefficient (Wildman–Crippen LogP) is 7.11. The molecule has 46 heavy (non-hydrogen) atoms. The van der Waals surface area contributed by atoms with E-state index in [9.17, 15) is 0 Å². The van der Waals surface area contributed by atoms with Crippen molar-refractivity contribution in [3.05, 3.63) is 65.6 Å². The van der Waals surface area contributed by atoms with E-state index < -0.39 is 11.4 Å². The third kappa shape index (κ3) is 8.04. The summed E-state index contributed by atoms with van der Waals surface area (Å²) >= 11 is 0. The number of hydrogen-bond acceptors (Lipinski definition) is 6. The number of allylic oxidation sites excluding steroid dienone is 1. The summed E-state index contributed by atoms with van der Waals surface area (Å²) in [6, 6.07) is 6.79. The van der Waals surface area contributed by atoms with Gasteiger partial charge in [0.25, 0.3) is 5.92 Å². The highest BCUT2D eigenvalue weighted by Gasteiger charge is 2.43. The van der Waals surface area contributed by atoms with Crippen LogP contribution in [0.5, 0.6) is 0 Å². The molecule has 2 radical (unpaired) electrons. The summed E-state index contributed by atoms with van der Waals surface area (Å²) in [5, 5.41) is 3.48. The lowest BCUT2D eigenvalue weighted by molar-refractivity contribution is -0.0692. The molecule has 5 heterocycles. The standard InChI is InChI=1S/C36H51BF2N6S/c1-7-30(44-16-18-46(6)19-17-44)21-31-32-40-23-27-12-11-13-29(20-27)36(38,39)22-28-24-45(25-28)35(4,37)15-10-8-9-14-34(2,3)43(5)33(31)42-26-41-32/h7,11-13,20-21,26,28H,1,6,8-10,14-19,22-25H2,2-5H3,(H,40,41,42)/b30-21+. The first-order valence-corrected chi connectivity index (χ1v) is 18.4. The summed E-state index contributed by atoms with van der Waals surface area (Å²) < 4.78 is 31.2. The molecule has 1 atom stereocenters. The van der Waals surface area contributed by atoms with Crippen LogP contribution >= 0.6 is 10.5 Å². The van der Waals surface area contributed by atoms with Crippen molar-refractivity contribution in [2.45, 2.75) is 82.7 Å². The molecule has 4 aliphatic rings. The molecule has 4 aliphatic heterocycles. The molecule has 1 unspecified atom stereocenters. The molecule has 1 aromatic heterocycles. The molecule has 0 saturated carbocycles. The van der Waals surface area contributed by atoms with Gasteiger partial charge >= 0.3 is 0 Å². The Morgan fingerprint density at radius 3 is 2.52 bits per heavy atom. The Kier molecular flexibility index (Phi) is 10.7. The monoisotopic (exact) mass is 648 g/mol. The number of benzene rings is 1. The molecule has 10 heteroatoms. The maximum atomic E-state index is 15.6. The molecular formula is C36H51BF2N6S. The number of anilines is 2. The minimum atomic E-state index is -2.91. The molecule has 2 saturated heterocycles. The number of nitrogens with zero attached hydrogens (tertiary/aromatic N) is 5. The summed E-state index contributed by atoms with van der Waals surface area (Å²) in [5.74, 6) is 4.91. The van der Waals surface area contributed by atoms with Crippen LogP contribution in [-0.4, -0.2) is 89.2 Å². The normalized spacial score (nSPS) is 27.9. The lowest BCUT2D eigenvalue weighted by Crippen LogP contribution is -2.59. The Bertz CT molecular complexity index is 1430. The molecule has 1 aromatic carbocycles. The Morgan fingerprint density at radius 1 is 1.09 bits per heavy atom. The Morgan fingerprint density at radius 2 is 1.80 bits per heavy atom. The van der Waals surface area contributed by atoms with Crippen molar-refractivity contribution in [1.29, 1.82) is 0 Å². The summed E-state index contributed by atoms with van der Waals surface area (Å²) in [6.45, 7) is 14.2. The van der Waals surface area contributed by atoms with Crippen LogP contribution in [0.1, 0.15) is 76.0 Å². The molecule has 1 N–H and O–H groups in total. The first-order valence-electron chi connectivity index (χ1n) is 16.7. The van der Waals surface area contributed by atoms with Gasteiger partial charge in [0.2, 0.25) is 0 Å². The first kappa shape index (κ1) is 34.6. The molecule has 6 bridgehead atoms. The Labute approximate surface area is 279 Å². The van der Waals surface area contributed by atoms with Crippen LogP contribution in [0.15, 0.2) is 48.9 Å². The van der Waals surface area contributed by atoms with Crippen LogP contribution in [-0.2, 0) is 12.5 Å². The van der Waals surface area contributed by atoms with Gasteiger partial charge in [0.05, 0.1) is 13.4 Å². The maximum absolute atomic E-state index is 15.6. The van der Waals surface area contributed by atoms with Crippen LogP contribution in [0.3, 0.4) is 0 Å². The van der Waals surface area contributed by atoms with E-state index in [1.54, 1.807) is 24.5 Å². The predicted molar refractivity (Wildman–Crippen MR) is 193 cm³/mol. The number of nitrogens with one attached hydrogen (secondary N) is 1. The minimum Gasteiger partial charge on any atom is -0.370 e. The van der Waals surface area contributed by atoms with E-state index in [1.165, 1.54) is 0 Å². The Balaban J connectivity index is 1.50. The average molecular weight is 649 g/mol. The molecule has 2 aromatic rings. The van der Waals surface area contributed by atoms with Crippen molar-refractivity contribution in [2.24, 2.45) is 5.92 Å². The van der Waals surface area contributed by atoms with E-state index >= 15 is 8.78 Å². The maximum Gasteiger partial charge on any atom is 0.273 e. The number of aromatic nitrogens is 2. The number of rotatable bonds is 3. The zero-order chi connectivity index (χ0) is 33.1. The van der Waals surface area contributed by atoms with Crippen molar-refractivity contribution in [3.63, 3.8) is 0 Å². The van der Waals surface area contributed by atoms with Gasteiger partial charge in [-0.25, -0.2) is 18.7 Å². The van der Waals surface area contributed by atoms with E-state index in [2.05, 4.69) is 64.4 Å². The van der Waals surface area contributed by atoms with Gasteiger partial charge in [0, 0.05) is 74.5 Å². The van der Waals surface area contributed by atoms with Gasteiger partial charge in [-0.2, -0.15) is 10.5 Å². The van der Waals surface area contributed by atoms with Crippen LogP contribution in [0.4, 0.5) is 20.4 Å². The number of hydrogen-bond donors (Lipinski definition) is 1. The van der Waals surface area contributed by atoms with Gasteiger partial charge in [-0.1, -0.05) is 56.8 Å². The van der Waals surface area contributed by atoms with Crippen LogP contribution < -0.4 is 10.2 Å². The second kappa shape index (κ2) is 14.2. The second-order valence-corrected chi connectivity index (χ2v) is 16.3. The van der Waals surface area contributed by atoms with E-state index in [0.717, 1.165) is 79.3 Å². The molecule has 0 spiro atoms. The van der Waals surface area contributed by atoms with Gasteiger partial charge in [0.1, 0.15) is 18.0 Å². The van der Waals surface area contributed by atoms with E-state index in [1.807, 2.05) is 19.1 Å². The van der Waals surface area contributed by atoms with Gasteiger partial charge in [-0.3, -0.25) is 0 Å². The molecule has 248 valence electrons. The lowest BCUT2D eigenvalue weighted by Gasteiger charge is -2.51. The van der Waals surface area contributed by atoms with E-state index in [-0.39, 0.29) is 33.9 Å². The minimum absolute atomic E-state index is 0.0556. The van der Waals surface area contributed by atoms with Gasteiger partial charge < -0.3 is 20.0 Å². The third-order valence-corrected chi connectivity index (χ3v) is 11.8. The van der Waals surface area contributed by atoms with Crippen molar-refractivity contribution in [3.8, 4) is 0 Å². The molecular weight excluding hydrogens is 597 g/mol. The van der Waals surface area contributed by atoms with Gasteiger partial charge in [-0.05, 0) is 61.8 Å². The summed E-state index contributed by atoms with van der Waals surface area (Å²) in [6.07, 6.45) is 10.4. The van der Waals surface area contributed by atoms with Crippen molar-refractivity contribution >= 4 is 41.9 Å². The number of fused-ring (bicyclic) bond motifs is 9. The Hall–Kier alpha value is -2.72. The SMILES string of the molecule is [B]C1(C)CCCCCC(C)(C)N(C)c2ncnc(c2/C=C(\C=C)N2CCS(=C)CC2)NCc2cccc(c2)C(F)(F)CC2CN1C2.